The lowest BCUT2D eigenvalue weighted by molar-refractivity contribution is -0.384. The van der Waals surface area contributed by atoms with E-state index in [-0.39, 0.29) is 17.9 Å². The maximum atomic E-state index is 12.2. The second-order valence-corrected chi connectivity index (χ2v) is 6.31. The summed E-state index contributed by atoms with van der Waals surface area (Å²) >= 11 is 0. The molecule has 0 saturated carbocycles. The number of carbonyl (C=O) groups is 2. The summed E-state index contributed by atoms with van der Waals surface area (Å²) in [7, 11) is 0. The number of hydrogen-bond acceptors (Lipinski definition) is 7. The molecule has 0 saturated heterocycles. The molecule has 1 heterocycles. The third-order valence-corrected chi connectivity index (χ3v) is 4.25. The summed E-state index contributed by atoms with van der Waals surface area (Å²) in [6.07, 6.45) is 0. The van der Waals surface area contributed by atoms with E-state index >= 15 is 0 Å². The van der Waals surface area contributed by atoms with Crippen LogP contribution in [0.4, 0.5) is 11.4 Å². The van der Waals surface area contributed by atoms with Gasteiger partial charge in [-0.3, -0.25) is 19.7 Å². The molecule has 0 aliphatic carbocycles. The Bertz CT molecular complexity index is 1110. The zero-order valence-corrected chi connectivity index (χ0v) is 16.5. The van der Waals surface area contributed by atoms with E-state index in [2.05, 4.69) is 10.3 Å². The number of carbonyl (C=O) groups excluding carboxylic acids is 2. The first kappa shape index (κ1) is 20.8. The molecule has 0 unspecified atom stereocenters. The summed E-state index contributed by atoms with van der Waals surface area (Å²) in [6.45, 7) is 3.19. The number of esters is 1. The van der Waals surface area contributed by atoms with Crippen LogP contribution in [-0.4, -0.2) is 39.6 Å². The number of hydrogen-bond donors (Lipinski definition) is 1. The van der Waals surface area contributed by atoms with Gasteiger partial charge in [-0.15, -0.1) is 0 Å². The van der Waals surface area contributed by atoms with E-state index in [0.29, 0.717) is 18.2 Å². The van der Waals surface area contributed by atoms with E-state index < -0.39 is 23.4 Å². The second kappa shape index (κ2) is 9.03. The number of ether oxygens (including phenoxy) is 2. The number of nitrogens with zero attached hydrogens (tertiary/aromatic N) is 3. The Balaban J connectivity index is 1.61. The molecule has 0 atom stereocenters. The number of para-hydroxylation sites is 2. The number of benzene rings is 2. The molecule has 0 bridgehead atoms. The van der Waals surface area contributed by atoms with Gasteiger partial charge in [-0.25, -0.2) is 4.98 Å². The third-order valence-electron chi connectivity index (χ3n) is 4.25. The summed E-state index contributed by atoms with van der Waals surface area (Å²) in [6, 6.07) is 11.4. The first-order chi connectivity index (χ1) is 14.4. The zero-order valence-electron chi connectivity index (χ0n) is 16.5. The Morgan fingerprint density at radius 3 is 2.73 bits per heavy atom. The van der Waals surface area contributed by atoms with Crippen molar-refractivity contribution in [3.63, 3.8) is 0 Å². The highest BCUT2D eigenvalue weighted by Crippen LogP contribution is 2.29. The molecule has 0 aliphatic heterocycles. The summed E-state index contributed by atoms with van der Waals surface area (Å²) in [5, 5.41) is 13.6. The van der Waals surface area contributed by atoms with Crippen LogP contribution in [0.1, 0.15) is 12.7 Å². The smallest absolute Gasteiger partial charge is 0.326 e. The maximum Gasteiger partial charge on any atom is 0.326 e. The Hall–Kier alpha value is -3.95. The topological polar surface area (TPSA) is 126 Å². The molecule has 1 N–H and O–H groups in total. The van der Waals surface area contributed by atoms with Crippen LogP contribution >= 0.6 is 0 Å². The van der Waals surface area contributed by atoms with E-state index in [4.69, 9.17) is 9.47 Å². The molecule has 0 aliphatic rings. The van der Waals surface area contributed by atoms with Crippen LogP contribution in [0.3, 0.4) is 0 Å². The summed E-state index contributed by atoms with van der Waals surface area (Å²) in [5.41, 5.74) is 1.20. The largest absolute Gasteiger partial charge is 0.494 e. The molecule has 10 heteroatoms. The van der Waals surface area contributed by atoms with Gasteiger partial charge in [-0.2, -0.15) is 0 Å². The van der Waals surface area contributed by atoms with Gasteiger partial charge in [0.2, 0.25) is 0 Å². The lowest BCUT2D eigenvalue weighted by atomic mass is 10.2. The predicted molar refractivity (Wildman–Crippen MR) is 108 cm³/mol. The molecular formula is C20H20N4O6. The molecule has 0 spiro atoms. The minimum absolute atomic E-state index is 0.0130. The van der Waals surface area contributed by atoms with Gasteiger partial charge in [0.1, 0.15) is 23.8 Å². The second-order valence-electron chi connectivity index (χ2n) is 6.31. The minimum atomic E-state index is -0.692. The standard InChI is InChI=1S/C20H20N4O6/c1-3-29-14-8-9-16(18(10-14)24(27)28)22-19(25)12-30-20(26)11-23-13(2)21-15-6-4-5-7-17(15)23/h4-10H,3,11-12H2,1-2H3,(H,22,25). The number of imidazole rings is 1. The van der Waals surface area contributed by atoms with Crippen molar-refractivity contribution in [2.75, 3.05) is 18.5 Å². The van der Waals surface area contributed by atoms with Gasteiger partial charge < -0.3 is 19.4 Å². The van der Waals surface area contributed by atoms with E-state index in [1.54, 1.807) is 18.4 Å². The lowest BCUT2D eigenvalue weighted by Gasteiger charge is -2.10. The van der Waals surface area contributed by atoms with Crippen molar-refractivity contribution in [3.8, 4) is 5.75 Å². The van der Waals surface area contributed by atoms with Crippen LogP contribution in [0.25, 0.3) is 11.0 Å². The first-order valence-electron chi connectivity index (χ1n) is 9.17. The maximum absolute atomic E-state index is 12.2. The minimum Gasteiger partial charge on any atom is -0.494 e. The van der Waals surface area contributed by atoms with Crippen LogP contribution in [-0.2, 0) is 20.9 Å². The molecule has 1 aromatic heterocycles. The fourth-order valence-electron chi connectivity index (χ4n) is 2.93. The van der Waals surface area contributed by atoms with Gasteiger partial charge in [0.15, 0.2) is 6.61 Å². The highest BCUT2D eigenvalue weighted by atomic mass is 16.6. The van der Waals surface area contributed by atoms with Crippen molar-refractivity contribution < 1.29 is 24.0 Å². The quantitative estimate of drug-likeness (QED) is 0.342. The van der Waals surface area contributed by atoms with E-state index in [0.717, 1.165) is 11.0 Å². The van der Waals surface area contributed by atoms with Crippen molar-refractivity contribution in [1.82, 2.24) is 9.55 Å². The Morgan fingerprint density at radius 2 is 2.00 bits per heavy atom. The number of anilines is 1. The average Bonchev–Trinajstić information content (AvgIpc) is 3.03. The van der Waals surface area contributed by atoms with Gasteiger partial charge in [-0.05, 0) is 38.1 Å². The van der Waals surface area contributed by atoms with Crippen molar-refractivity contribution >= 4 is 34.3 Å². The van der Waals surface area contributed by atoms with Crippen LogP contribution in [0, 0.1) is 17.0 Å². The number of rotatable bonds is 8. The van der Waals surface area contributed by atoms with Gasteiger partial charge >= 0.3 is 5.97 Å². The molecule has 3 aromatic rings. The lowest BCUT2D eigenvalue weighted by Crippen LogP contribution is -2.23. The monoisotopic (exact) mass is 412 g/mol. The number of fused-ring (bicyclic) bond motifs is 1. The number of aryl methyl sites for hydroxylation is 1. The highest BCUT2D eigenvalue weighted by Gasteiger charge is 2.19. The molecule has 3 rings (SSSR count). The molecule has 1 amide bonds. The van der Waals surface area contributed by atoms with E-state index in [9.17, 15) is 19.7 Å². The Labute approximate surface area is 171 Å². The Morgan fingerprint density at radius 1 is 1.23 bits per heavy atom. The summed E-state index contributed by atoms with van der Waals surface area (Å²) < 4.78 is 11.9. The normalized spacial score (nSPS) is 10.6. The van der Waals surface area contributed by atoms with Gasteiger partial charge in [0.05, 0.1) is 28.6 Å². The van der Waals surface area contributed by atoms with Crippen LogP contribution < -0.4 is 10.1 Å². The number of amides is 1. The average molecular weight is 412 g/mol. The molecule has 30 heavy (non-hydrogen) atoms. The van der Waals surface area contributed by atoms with Gasteiger partial charge in [0, 0.05) is 0 Å². The summed E-state index contributed by atoms with van der Waals surface area (Å²) in [5.74, 6) is -0.361. The fraction of sp³-hybridized carbons (Fsp3) is 0.250. The van der Waals surface area contributed by atoms with Crippen molar-refractivity contribution in [2.24, 2.45) is 0 Å². The van der Waals surface area contributed by atoms with Crippen LogP contribution in [0.15, 0.2) is 42.5 Å². The van der Waals surface area contributed by atoms with Gasteiger partial charge in [-0.1, -0.05) is 12.1 Å². The molecule has 10 nitrogen and oxygen atoms in total. The van der Waals surface area contributed by atoms with E-state index in [1.165, 1.54) is 18.2 Å². The number of nitro groups is 1. The SMILES string of the molecule is CCOc1ccc(NC(=O)COC(=O)Cn2c(C)nc3ccccc32)c([N+](=O)[O-])c1. The van der Waals surface area contributed by atoms with Crippen LogP contribution in [0.2, 0.25) is 0 Å². The molecular weight excluding hydrogens is 392 g/mol. The number of aromatic nitrogens is 2. The predicted octanol–water partition coefficient (Wildman–Crippen LogP) is 2.83. The molecule has 156 valence electrons. The summed E-state index contributed by atoms with van der Waals surface area (Å²) in [4.78, 5) is 39.3. The molecule has 2 aromatic carbocycles. The third kappa shape index (κ3) is 4.72. The zero-order chi connectivity index (χ0) is 21.7. The number of nitro benzene ring substituents is 1. The molecule has 0 radical (unpaired) electrons. The number of nitrogens with one attached hydrogen (secondary N) is 1. The van der Waals surface area contributed by atoms with E-state index in [1.807, 2.05) is 24.3 Å². The fourth-order valence-corrected chi connectivity index (χ4v) is 2.93. The van der Waals surface area contributed by atoms with Gasteiger partial charge in [0.25, 0.3) is 11.6 Å². The van der Waals surface area contributed by atoms with Crippen molar-refractivity contribution in [1.29, 1.82) is 0 Å². The Kier molecular flexibility index (Phi) is 6.26. The molecule has 0 fully saturated rings. The van der Waals surface area contributed by atoms with Crippen molar-refractivity contribution in [2.45, 2.75) is 20.4 Å². The van der Waals surface area contributed by atoms with Crippen LogP contribution in [0.5, 0.6) is 5.75 Å². The first-order valence-corrected chi connectivity index (χ1v) is 9.17. The highest BCUT2D eigenvalue weighted by molar-refractivity contribution is 5.95. The van der Waals surface area contributed by atoms with Crippen molar-refractivity contribution in [3.05, 3.63) is 58.4 Å².